The van der Waals surface area contributed by atoms with Crippen LogP contribution in [-0.2, 0) is 9.59 Å². The minimum Gasteiger partial charge on any atom is -0.493 e. The van der Waals surface area contributed by atoms with Crippen LogP contribution in [-0.4, -0.2) is 38.1 Å². The highest BCUT2D eigenvalue weighted by Gasteiger charge is 2.32. The first-order valence-corrected chi connectivity index (χ1v) is 9.54. The van der Waals surface area contributed by atoms with Gasteiger partial charge in [0.1, 0.15) is 11.5 Å². The third-order valence-electron chi connectivity index (χ3n) is 4.54. The molecule has 28 heavy (non-hydrogen) atoms. The van der Waals surface area contributed by atoms with Crippen molar-refractivity contribution >= 4 is 29.1 Å². The fourth-order valence-electron chi connectivity index (χ4n) is 3.08. The van der Waals surface area contributed by atoms with E-state index in [4.69, 9.17) is 21.1 Å². The SMILES string of the molecule is CNC(=O)C1CN(C(=O)CCCOc2ccc(Cl)cc2C)c2ccccc2O1. The van der Waals surface area contributed by atoms with Crippen LogP contribution in [0.15, 0.2) is 42.5 Å². The fourth-order valence-corrected chi connectivity index (χ4v) is 3.31. The van der Waals surface area contributed by atoms with Gasteiger partial charge >= 0.3 is 0 Å². The molecule has 1 heterocycles. The predicted octanol–water partition coefficient (Wildman–Crippen LogP) is 3.35. The topological polar surface area (TPSA) is 67.9 Å². The molecule has 1 unspecified atom stereocenters. The summed E-state index contributed by atoms with van der Waals surface area (Å²) in [6.07, 6.45) is 0.142. The molecule has 0 radical (unpaired) electrons. The lowest BCUT2D eigenvalue weighted by Crippen LogP contribution is -2.50. The standard InChI is InChI=1S/C21H23ClN2O4/c1-14-12-15(22)9-10-17(14)27-11-5-8-20(25)24-13-19(21(26)23-2)28-18-7-4-3-6-16(18)24/h3-4,6-7,9-10,12,19H,5,8,11,13H2,1-2H3,(H,23,26). The van der Waals surface area contributed by atoms with E-state index in [2.05, 4.69) is 5.32 Å². The van der Waals surface area contributed by atoms with E-state index in [0.29, 0.717) is 35.9 Å². The maximum Gasteiger partial charge on any atom is 0.262 e. The van der Waals surface area contributed by atoms with Crippen molar-refractivity contribution in [1.29, 1.82) is 0 Å². The van der Waals surface area contributed by atoms with E-state index < -0.39 is 6.10 Å². The van der Waals surface area contributed by atoms with Gasteiger partial charge in [-0.15, -0.1) is 0 Å². The van der Waals surface area contributed by atoms with E-state index in [1.807, 2.05) is 37.3 Å². The molecule has 0 aliphatic carbocycles. The van der Waals surface area contributed by atoms with Crippen molar-refractivity contribution in [1.82, 2.24) is 5.32 Å². The van der Waals surface area contributed by atoms with Crippen LogP contribution in [0.3, 0.4) is 0 Å². The summed E-state index contributed by atoms with van der Waals surface area (Å²) in [5.41, 5.74) is 1.64. The predicted molar refractivity (Wildman–Crippen MR) is 108 cm³/mol. The smallest absolute Gasteiger partial charge is 0.262 e. The van der Waals surface area contributed by atoms with Gasteiger partial charge in [-0.3, -0.25) is 9.59 Å². The van der Waals surface area contributed by atoms with Gasteiger partial charge in [-0.05, 0) is 49.2 Å². The third kappa shape index (κ3) is 4.57. The Balaban J connectivity index is 1.60. The van der Waals surface area contributed by atoms with Crippen LogP contribution >= 0.6 is 11.6 Å². The average Bonchev–Trinajstić information content (AvgIpc) is 2.70. The van der Waals surface area contributed by atoms with Gasteiger partial charge in [0.25, 0.3) is 5.91 Å². The molecule has 0 saturated carbocycles. The lowest BCUT2D eigenvalue weighted by Gasteiger charge is -2.34. The summed E-state index contributed by atoms with van der Waals surface area (Å²) in [5, 5.41) is 3.24. The molecule has 2 amide bonds. The first-order chi connectivity index (χ1) is 13.5. The summed E-state index contributed by atoms with van der Waals surface area (Å²) < 4.78 is 11.5. The molecule has 148 valence electrons. The lowest BCUT2D eigenvalue weighted by atomic mass is 10.1. The van der Waals surface area contributed by atoms with Crippen LogP contribution in [0.2, 0.25) is 5.02 Å². The molecular weight excluding hydrogens is 380 g/mol. The molecule has 1 atom stereocenters. The van der Waals surface area contributed by atoms with E-state index in [9.17, 15) is 9.59 Å². The Bertz CT molecular complexity index is 871. The van der Waals surface area contributed by atoms with Crippen molar-refractivity contribution in [2.45, 2.75) is 25.9 Å². The number of carbonyl (C=O) groups is 2. The molecule has 1 aliphatic heterocycles. The number of nitrogens with one attached hydrogen (secondary N) is 1. The van der Waals surface area contributed by atoms with Gasteiger partial charge in [-0.25, -0.2) is 0 Å². The number of hydrogen-bond donors (Lipinski definition) is 1. The van der Waals surface area contributed by atoms with E-state index >= 15 is 0 Å². The molecule has 7 heteroatoms. The van der Waals surface area contributed by atoms with Crippen LogP contribution in [0.25, 0.3) is 0 Å². The van der Waals surface area contributed by atoms with Crippen LogP contribution < -0.4 is 19.7 Å². The lowest BCUT2D eigenvalue weighted by molar-refractivity contribution is -0.128. The number of nitrogens with zero attached hydrogens (tertiary/aromatic N) is 1. The highest BCUT2D eigenvalue weighted by molar-refractivity contribution is 6.30. The summed E-state index contributed by atoms with van der Waals surface area (Å²) in [5.74, 6) is 0.965. The van der Waals surface area contributed by atoms with Gasteiger partial charge in [0.2, 0.25) is 5.91 Å². The molecule has 0 aromatic heterocycles. The maximum atomic E-state index is 12.8. The van der Waals surface area contributed by atoms with E-state index in [1.165, 1.54) is 0 Å². The molecule has 0 spiro atoms. The minimum atomic E-state index is -0.725. The van der Waals surface area contributed by atoms with Crippen molar-refractivity contribution in [3.8, 4) is 11.5 Å². The summed E-state index contributed by atoms with van der Waals surface area (Å²) >= 11 is 5.95. The molecule has 2 aromatic carbocycles. The number of rotatable bonds is 6. The van der Waals surface area contributed by atoms with Crippen LogP contribution in [0, 0.1) is 6.92 Å². The van der Waals surface area contributed by atoms with Crippen LogP contribution in [0.4, 0.5) is 5.69 Å². The summed E-state index contributed by atoms with van der Waals surface area (Å²) in [6.45, 7) is 2.53. The second-order valence-corrected chi connectivity index (χ2v) is 6.99. The zero-order valence-corrected chi connectivity index (χ0v) is 16.7. The van der Waals surface area contributed by atoms with Crippen molar-refractivity contribution in [3.63, 3.8) is 0 Å². The number of amides is 2. The first-order valence-electron chi connectivity index (χ1n) is 9.16. The van der Waals surface area contributed by atoms with Gasteiger partial charge in [-0.1, -0.05) is 23.7 Å². The van der Waals surface area contributed by atoms with Crippen molar-refractivity contribution in [3.05, 3.63) is 53.1 Å². The Kier molecular flexibility index (Phi) is 6.41. The largest absolute Gasteiger partial charge is 0.493 e. The molecule has 1 aliphatic rings. The number of hydrogen-bond acceptors (Lipinski definition) is 4. The molecular formula is C21H23ClN2O4. The summed E-state index contributed by atoms with van der Waals surface area (Å²) in [4.78, 5) is 26.4. The normalized spacial score (nSPS) is 15.4. The van der Waals surface area contributed by atoms with Crippen LogP contribution in [0.1, 0.15) is 18.4 Å². The number of aryl methyl sites for hydroxylation is 1. The average molecular weight is 403 g/mol. The first kappa shape index (κ1) is 20.0. The number of likely N-dealkylation sites (N-methyl/N-ethyl adjacent to an activating group) is 1. The zero-order valence-electron chi connectivity index (χ0n) is 15.9. The highest BCUT2D eigenvalue weighted by Crippen LogP contribution is 2.33. The Labute approximate surface area is 169 Å². The molecule has 2 aromatic rings. The van der Waals surface area contributed by atoms with E-state index in [-0.39, 0.29) is 18.4 Å². The molecule has 0 fully saturated rings. The number of carbonyl (C=O) groups excluding carboxylic acids is 2. The Morgan fingerprint density at radius 2 is 2.07 bits per heavy atom. The quantitative estimate of drug-likeness (QED) is 0.752. The van der Waals surface area contributed by atoms with Crippen molar-refractivity contribution < 1.29 is 19.1 Å². The molecule has 0 bridgehead atoms. The third-order valence-corrected chi connectivity index (χ3v) is 4.78. The molecule has 1 N–H and O–H groups in total. The molecule has 6 nitrogen and oxygen atoms in total. The maximum absolute atomic E-state index is 12.8. The van der Waals surface area contributed by atoms with E-state index in [0.717, 1.165) is 11.3 Å². The number of benzene rings is 2. The fraction of sp³-hybridized carbons (Fsp3) is 0.333. The summed E-state index contributed by atoms with van der Waals surface area (Å²) in [6, 6.07) is 12.7. The highest BCUT2D eigenvalue weighted by atomic mass is 35.5. The van der Waals surface area contributed by atoms with Crippen LogP contribution in [0.5, 0.6) is 11.5 Å². The monoisotopic (exact) mass is 402 g/mol. The van der Waals surface area contributed by atoms with Gasteiger partial charge in [-0.2, -0.15) is 0 Å². The van der Waals surface area contributed by atoms with Crippen molar-refractivity contribution in [2.24, 2.45) is 0 Å². The number of para-hydroxylation sites is 2. The number of ether oxygens (including phenoxy) is 2. The number of fused-ring (bicyclic) bond motifs is 1. The second kappa shape index (κ2) is 8.97. The van der Waals surface area contributed by atoms with Gasteiger partial charge in [0.15, 0.2) is 6.10 Å². The van der Waals surface area contributed by atoms with Gasteiger partial charge in [0, 0.05) is 18.5 Å². The Morgan fingerprint density at radius 3 is 2.82 bits per heavy atom. The Morgan fingerprint density at radius 1 is 1.29 bits per heavy atom. The minimum absolute atomic E-state index is 0.0684. The van der Waals surface area contributed by atoms with Gasteiger partial charge < -0.3 is 19.7 Å². The molecule has 0 saturated heterocycles. The van der Waals surface area contributed by atoms with Gasteiger partial charge in [0.05, 0.1) is 18.8 Å². The second-order valence-electron chi connectivity index (χ2n) is 6.55. The van der Waals surface area contributed by atoms with E-state index in [1.54, 1.807) is 24.1 Å². The summed E-state index contributed by atoms with van der Waals surface area (Å²) in [7, 11) is 1.55. The molecule has 3 rings (SSSR count). The number of anilines is 1. The number of halogens is 1. The van der Waals surface area contributed by atoms with Crippen molar-refractivity contribution in [2.75, 3.05) is 25.1 Å². The zero-order chi connectivity index (χ0) is 20.1. The Hall–Kier alpha value is -2.73.